The molecule has 0 unspecified atom stereocenters. The van der Waals surface area contributed by atoms with Crippen molar-refractivity contribution in [3.05, 3.63) is 71.1 Å². The maximum absolute atomic E-state index is 12.1. The van der Waals surface area contributed by atoms with Crippen LogP contribution in [0, 0.1) is 13.8 Å². The van der Waals surface area contributed by atoms with Gasteiger partial charge in [0.1, 0.15) is 23.8 Å². The topological polar surface area (TPSA) is 72.6 Å². The summed E-state index contributed by atoms with van der Waals surface area (Å²) in [6.07, 6.45) is 0. The quantitative estimate of drug-likeness (QED) is 0.734. The maximum atomic E-state index is 12.1. The van der Waals surface area contributed by atoms with Crippen LogP contribution in [0.15, 0.2) is 52.9 Å². The van der Waals surface area contributed by atoms with E-state index in [0.717, 1.165) is 5.56 Å². The number of benzene rings is 2. The first-order valence-electron chi connectivity index (χ1n) is 7.53. The van der Waals surface area contributed by atoms with E-state index in [9.17, 15) is 9.90 Å². The molecule has 0 aliphatic rings. The Bertz CT molecular complexity index is 868. The number of hydrogen-bond acceptors (Lipinski definition) is 5. The van der Waals surface area contributed by atoms with Crippen molar-refractivity contribution in [3.63, 3.8) is 0 Å². The Balaban J connectivity index is 1.71. The van der Waals surface area contributed by atoms with Gasteiger partial charge in [-0.15, -0.1) is 0 Å². The zero-order valence-corrected chi connectivity index (χ0v) is 13.4. The minimum absolute atomic E-state index is 0.00956. The van der Waals surface area contributed by atoms with Crippen LogP contribution in [0.5, 0.6) is 5.75 Å². The highest BCUT2D eigenvalue weighted by Gasteiger charge is 2.15. The van der Waals surface area contributed by atoms with Crippen LogP contribution in [0.2, 0.25) is 0 Å². The van der Waals surface area contributed by atoms with Crippen molar-refractivity contribution in [2.45, 2.75) is 20.5 Å². The molecule has 0 spiro atoms. The number of esters is 1. The smallest absolute Gasteiger partial charge is 0.338 e. The lowest BCUT2D eigenvalue weighted by atomic mass is 10.1. The Morgan fingerprint density at radius 2 is 1.92 bits per heavy atom. The van der Waals surface area contributed by atoms with E-state index in [4.69, 9.17) is 9.15 Å². The third-order valence-electron chi connectivity index (χ3n) is 3.70. The number of carbonyl (C=O) groups excluding carboxylic acids is 1. The number of nitrogens with zero attached hydrogens (tertiary/aromatic N) is 1. The summed E-state index contributed by atoms with van der Waals surface area (Å²) >= 11 is 0. The molecule has 5 heteroatoms. The SMILES string of the molecule is Cc1ccc(C(=O)OCc2nc(-c3ccccc3)oc2C)cc1O. The predicted octanol–water partition coefficient (Wildman–Crippen LogP) is 4.02. The molecule has 1 N–H and O–H groups in total. The first-order chi connectivity index (χ1) is 11.5. The Hall–Kier alpha value is -3.08. The van der Waals surface area contributed by atoms with Crippen molar-refractivity contribution >= 4 is 5.97 Å². The van der Waals surface area contributed by atoms with Crippen LogP contribution in [-0.2, 0) is 11.3 Å². The van der Waals surface area contributed by atoms with Gasteiger partial charge in [0, 0.05) is 5.56 Å². The number of aryl methyl sites for hydroxylation is 2. The van der Waals surface area contributed by atoms with Crippen LogP contribution in [0.1, 0.15) is 27.4 Å². The molecular weight excluding hydrogens is 306 g/mol. The predicted molar refractivity (Wildman–Crippen MR) is 88.6 cm³/mol. The van der Waals surface area contributed by atoms with Crippen LogP contribution in [0.4, 0.5) is 0 Å². The first kappa shape index (κ1) is 15.8. The van der Waals surface area contributed by atoms with Gasteiger partial charge in [0.15, 0.2) is 0 Å². The third-order valence-corrected chi connectivity index (χ3v) is 3.70. The van der Waals surface area contributed by atoms with Crippen molar-refractivity contribution in [1.82, 2.24) is 4.98 Å². The number of phenolic OH excluding ortho intramolecular Hbond substituents is 1. The minimum atomic E-state index is -0.519. The molecule has 0 fully saturated rings. The van der Waals surface area contributed by atoms with E-state index in [1.54, 1.807) is 26.0 Å². The van der Waals surface area contributed by atoms with E-state index >= 15 is 0 Å². The van der Waals surface area contributed by atoms with E-state index in [-0.39, 0.29) is 12.4 Å². The largest absolute Gasteiger partial charge is 0.508 e. The average molecular weight is 323 g/mol. The molecule has 0 bridgehead atoms. The van der Waals surface area contributed by atoms with E-state index < -0.39 is 5.97 Å². The molecule has 122 valence electrons. The molecule has 2 aromatic carbocycles. The second-order valence-corrected chi connectivity index (χ2v) is 5.47. The standard InChI is InChI=1S/C19H17NO4/c1-12-8-9-15(10-17(12)21)19(22)23-11-16-13(2)24-18(20-16)14-6-4-3-5-7-14/h3-10,21H,11H2,1-2H3. The highest BCUT2D eigenvalue weighted by molar-refractivity contribution is 5.90. The van der Waals surface area contributed by atoms with Crippen molar-refractivity contribution in [3.8, 4) is 17.2 Å². The van der Waals surface area contributed by atoms with Gasteiger partial charge in [0.05, 0.1) is 5.56 Å². The summed E-state index contributed by atoms with van der Waals surface area (Å²) in [5.74, 6) is 0.642. The second kappa shape index (κ2) is 6.58. The van der Waals surface area contributed by atoms with E-state index in [0.29, 0.717) is 28.5 Å². The number of hydrogen-bond donors (Lipinski definition) is 1. The summed E-state index contributed by atoms with van der Waals surface area (Å²) in [5.41, 5.74) is 2.43. The summed E-state index contributed by atoms with van der Waals surface area (Å²) in [5, 5.41) is 9.67. The molecule has 0 atom stereocenters. The highest BCUT2D eigenvalue weighted by Crippen LogP contribution is 2.22. The van der Waals surface area contributed by atoms with Crippen molar-refractivity contribution < 1.29 is 19.1 Å². The van der Waals surface area contributed by atoms with Gasteiger partial charge in [0.25, 0.3) is 0 Å². The molecular formula is C19H17NO4. The number of aromatic nitrogens is 1. The van der Waals surface area contributed by atoms with Crippen LogP contribution in [0.3, 0.4) is 0 Å². The van der Waals surface area contributed by atoms with Crippen molar-refractivity contribution in [1.29, 1.82) is 0 Å². The monoisotopic (exact) mass is 323 g/mol. The van der Waals surface area contributed by atoms with Gasteiger partial charge in [0.2, 0.25) is 5.89 Å². The van der Waals surface area contributed by atoms with Gasteiger partial charge in [-0.05, 0) is 43.7 Å². The average Bonchev–Trinajstić information content (AvgIpc) is 2.97. The third kappa shape index (κ3) is 3.30. The van der Waals surface area contributed by atoms with Gasteiger partial charge < -0.3 is 14.3 Å². The van der Waals surface area contributed by atoms with Crippen molar-refractivity contribution in [2.75, 3.05) is 0 Å². The fraction of sp³-hybridized carbons (Fsp3) is 0.158. The summed E-state index contributed by atoms with van der Waals surface area (Å²) in [6.45, 7) is 3.55. The Kier molecular flexibility index (Phi) is 4.33. The normalized spacial score (nSPS) is 10.6. The van der Waals surface area contributed by atoms with Crippen LogP contribution in [0.25, 0.3) is 11.5 Å². The Morgan fingerprint density at radius 3 is 2.62 bits per heavy atom. The van der Waals surface area contributed by atoms with E-state index in [1.807, 2.05) is 30.3 Å². The number of oxazole rings is 1. The van der Waals surface area contributed by atoms with E-state index in [2.05, 4.69) is 4.98 Å². The number of ether oxygens (including phenoxy) is 1. The fourth-order valence-corrected chi connectivity index (χ4v) is 2.22. The molecule has 0 saturated carbocycles. The molecule has 0 radical (unpaired) electrons. The van der Waals surface area contributed by atoms with Gasteiger partial charge in [-0.3, -0.25) is 0 Å². The Labute approximate surface area is 139 Å². The number of carbonyl (C=O) groups is 1. The van der Waals surface area contributed by atoms with Gasteiger partial charge in [-0.2, -0.15) is 0 Å². The molecule has 3 aromatic rings. The molecule has 0 aliphatic heterocycles. The second-order valence-electron chi connectivity index (χ2n) is 5.47. The zero-order valence-electron chi connectivity index (χ0n) is 13.4. The fourth-order valence-electron chi connectivity index (χ4n) is 2.22. The maximum Gasteiger partial charge on any atom is 0.338 e. The molecule has 24 heavy (non-hydrogen) atoms. The van der Waals surface area contributed by atoms with E-state index in [1.165, 1.54) is 6.07 Å². The molecule has 5 nitrogen and oxygen atoms in total. The van der Waals surface area contributed by atoms with Crippen molar-refractivity contribution in [2.24, 2.45) is 0 Å². The summed E-state index contributed by atoms with van der Waals surface area (Å²) in [6, 6.07) is 14.2. The van der Waals surface area contributed by atoms with Crippen LogP contribution in [-0.4, -0.2) is 16.1 Å². The lowest BCUT2D eigenvalue weighted by Gasteiger charge is -2.05. The van der Waals surface area contributed by atoms with Crippen LogP contribution >= 0.6 is 0 Å². The number of aromatic hydroxyl groups is 1. The molecule has 1 heterocycles. The summed E-state index contributed by atoms with van der Waals surface area (Å²) in [4.78, 5) is 16.5. The summed E-state index contributed by atoms with van der Waals surface area (Å²) in [7, 11) is 0. The van der Waals surface area contributed by atoms with Gasteiger partial charge in [-0.25, -0.2) is 9.78 Å². The molecule has 0 amide bonds. The first-order valence-corrected chi connectivity index (χ1v) is 7.53. The molecule has 1 aromatic heterocycles. The van der Waals surface area contributed by atoms with Crippen LogP contribution < -0.4 is 0 Å². The zero-order chi connectivity index (χ0) is 17.1. The number of rotatable bonds is 4. The highest BCUT2D eigenvalue weighted by atomic mass is 16.5. The lowest BCUT2D eigenvalue weighted by molar-refractivity contribution is 0.0466. The Morgan fingerprint density at radius 1 is 1.17 bits per heavy atom. The number of phenols is 1. The minimum Gasteiger partial charge on any atom is -0.508 e. The molecule has 3 rings (SSSR count). The summed E-state index contributed by atoms with van der Waals surface area (Å²) < 4.78 is 10.9. The lowest BCUT2D eigenvalue weighted by Crippen LogP contribution is -2.06. The van der Waals surface area contributed by atoms with Gasteiger partial charge in [-0.1, -0.05) is 24.3 Å². The van der Waals surface area contributed by atoms with Gasteiger partial charge >= 0.3 is 5.97 Å². The molecule has 0 saturated heterocycles. The molecule has 0 aliphatic carbocycles.